The molecule has 24 nitrogen and oxygen atoms in total. The highest BCUT2D eigenvalue weighted by atomic mass is 16.7. The number of rotatable bonds is 6. The number of aliphatic hydroxyl groups excluding tert-OH is 12. The summed E-state index contributed by atoms with van der Waals surface area (Å²) in [5.41, 5.74) is 0. The van der Waals surface area contributed by atoms with E-state index in [1.807, 2.05) is 24.9 Å². The summed E-state index contributed by atoms with van der Waals surface area (Å²) in [5.74, 6) is -8.12. The standard InChI is InChI=1S/C58H93N3O21/c1-34-18-16-14-12-10-8-6-7-9-11-13-15-17-19-41(81-56-53(73)49(51(71)37(4)80-56)59-33-58(77)54(74)52(72)45(68)32-78-58)29-46-48(55(75)61-24-22-60(5)23-25-61)44(67)31-57(76,82-46)30-40(64)27-43(66)42(65)21-20-38(62)26-39(63)28-47(69)79-36(3)35(2)50(34)70/h6-19,34-46,48-54,56,59,62-68,70-74,76-77H,20-33H2,1-5H3/t34-,35-,36-,37+,38+,39+,40-,41-,42+,43+,44-,45+,46?,48?,49-,50+,51+,52-,53-,54-,56?,57+,58+/m0/s1. The number of nitrogens with zero attached hydrogens (tertiary/aromatic N) is 2. The Labute approximate surface area is 480 Å². The predicted octanol–water partition coefficient (Wildman–Crippen LogP) is -2.17. The fraction of sp³-hybridized carbons (Fsp3) is 0.724. The first-order valence-corrected chi connectivity index (χ1v) is 28.5. The number of cyclic esters (lactones) is 1. The van der Waals surface area contributed by atoms with Gasteiger partial charge in [-0.1, -0.05) is 98.9 Å². The average molecular weight is 1170 g/mol. The van der Waals surface area contributed by atoms with Crippen LogP contribution in [-0.4, -0.2) is 261 Å². The van der Waals surface area contributed by atoms with Crippen LogP contribution in [0.4, 0.5) is 0 Å². The lowest BCUT2D eigenvalue weighted by Gasteiger charge is -2.48. The zero-order chi connectivity index (χ0) is 60.5. The third kappa shape index (κ3) is 20.5. The number of fused-ring (bicyclic) bond motifs is 2. The van der Waals surface area contributed by atoms with Gasteiger partial charge < -0.3 is 110 Å². The van der Waals surface area contributed by atoms with E-state index >= 15 is 0 Å². The maximum atomic E-state index is 14.5. The molecule has 0 radical (unpaired) electrons. The van der Waals surface area contributed by atoms with Crippen molar-refractivity contribution in [2.45, 2.75) is 201 Å². The minimum Gasteiger partial charge on any atom is -0.462 e. The Morgan fingerprint density at radius 1 is 0.646 bits per heavy atom. The third-order valence-electron chi connectivity index (χ3n) is 16.1. The van der Waals surface area contributed by atoms with Gasteiger partial charge >= 0.3 is 5.97 Å². The molecule has 0 aromatic rings. The summed E-state index contributed by atoms with van der Waals surface area (Å²) in [6, 6.07) is -1.33. The lowest BCUT2D eigenvalue weighted by molar-refractivity contribution is -0.323. The van der Waals surface area contributed by atoms with Crippen molar-refractivity contribution >= 4 is 11.9 Å². The summed E-state index contributed by atoms with van der Waals surface area (Å²) in [6.07, 6.45) is -2.63. The molecule has 2 bridgehead atoms. The van der Waals surface area contributed by atoms with Crippen molar-refractivity contribution in [1.29, 1.82) is 0 Å². The van der Waals surface area contributed by atoms with E-state index in [1.54, 1.807) is 97.7 Å². The third-order valence-corrected chi connectivity index (χ3v) is 16.1. The largest absolute Gasteiger partial charge is 0.462 e. The SMILES string of the molecule is C[C@@H]1[C@H](O)[C@@H](C)C=CC=CC=CC=CC=CC=CC=C[C@H](OC2O[C@H](C)[C@@H](O)[C@H](NC[C@@]3(O)OC[C@@H](O)[C@H](O)[C@@H]3O)[C@@H]2O)CC2O[C@](O)(C[C@@H](O)C[C@@H](O)[C@H](O)CC[C@@H](O)C[C@@H](O)CC(=O)O[C@H]1C)C[C@H](O)C2C(=O)N1CCN(C)CC1. The van der Waals surface area contributed by atoms with Crippen LogP contribution in [0.2, 0.25) is 0 Å². The molecule has 24 heteroatoms. The van der Waals surface area contributed by atoms with Crippen molar-refractivity contribution in [2.24, 2.45) is 17.8 Å². The van der Waals surface area contributed by atoms with Gasteiger partial charge in [0, 0.05) is 63.7 Å². The molecule has 0 aliphatic carbocycles. The number of hydrogen-bond donors (Lipinski definition) is 15. The van der Waals surface area contributed by atoms with Gasteiger partial charge in [0.1, 0.15) is 30.5 Å². The highest BCUT2D eigenvalue weighted by Gasteiger charge is 2.53. The molecule has 23 atom stereocenters. The van der Waals surface area contributed by atoms with Crippen LogP contribution in [0, 0.1) is 17.8 Å². The highest BCUT2D eigenvalue weighted by Crippen LogP contribution is 2.39. The summed E-state index contributed by atoms with van der Waals surface area (Å²) in [7, 11) is 1.90. The molecular weight excluding hydrogens is 1070 g/mol. The second kappa shape index (κ2) is 32.7. The van der Waals surface area contributed by atoms with E-state index in [0.29, 0.717) is 26.2 Å². The minimum atomic E-state index is -2.46. The van der Waals surface area contributed by atoms with Gasteiger partial charge in [0.15, 0.2) is 12.1 Å². The average Bonchev–Trinajstić information content (AvgIpc) is 2.43. The highest BCUT2D eigenvalue weighted by molar-refractivity contribution is 5.80. The quantitative estimate of drug-likeness (QED) is 0.126. The van der Waals surface area contributed by atoms with Crippen molar-refractivity contribution in [1.82, 2.24) is 15.1 Å². The van der Waals surface area contributed by atoms with Gasteiger partial charge in [-0.2, -0.15) is 0 Å². The fourth-order valence-electron chi connectivity index (χ4n) is 10.7. The maximum absolute atomic E-state index is 14.5. The molecule has 82 heavy (non-hydrogen) atoms. The van der Waals surface area contributed by atoms with Crippen LogP contribution in [0.5, 0.6) is 0 Å². The van der Waals surface area contributed by atoms with Crippen molar-refractivity contribution in [3.8, 4) is 0 Å². The van der Waals surface area contributed by atoms with E-state index in [4.69, 9.17) is 23.7 Å². The van der Waals surface area contributed by atoms with Crippen molar-refractivity contribution in [3.05, 3.63) is 85.1 Å². The number of hydrogen-bond acceptors (Lipinski definition) is 23. The summed E-state index contributed by atoms with van der Waals surface area (Å²) >= 11 is 0. The van der Waals surface area contributed by atoms with Gasteiger partial charge in [-0.25, -0.2) is 0 Å². The molecule has 0 saturated carbocycles. The monoisotopic (exact) mass is 1170 g/mol. The Morgan fingerprint density at radius 2 is 1.24 bits per heavy atom. The van der Waals surface area contributed by atoms with E-state index in [-0.39, 0.29) is 31.6 Å². The molecule has 1 amide bonds. The summed E-state index contributed by atoms with van der Waals surface area (Å²) in [4.78, 5) is 30.9. The molecule has 5 rings (SSSR count). The number of allylic oxidation sites excluding steroid dienone is 12. The van der Waals surface area contributed by atoms with E-state index in [0.717, 1.165) is 0 Å². The number of esters is 1. The second-order valence-electron chi connectivity index (χ2n) is 22.8. The van der Waals surface area contributed by atoms with Gasteiger partial charge in [0.25, 0.3) is 0 Å². The van der Waals surface area contributed by atoms with Crippen LogP contribution in [0.15, 0.2) is 85.1 Å². The summed E-state index contributed by atoms with van der Waals surface area (Å²) in [6.45, 7) is 7.20. The molecule has 0 aromatic heterocycles. The van der Waals surface area contributed by atoms with Gasteiger partial charge in [0.2, 0.25) is 11.7 Å². The number of carbonyl (C=O) groups is 2. The Bertz CT molecular complexity index is 2170. The lowest BCUT2D eigenvalue weighted by Crippen LogP contribution is -2.69. The van der Waals surface area contributed by atoms with Crippen LogP contribution in [0.25, 0.3) is 0 Å². The fourth-order valence-corrected chi connectivity index (χ4v) is 10.7. The van der Waals surface area contributed by atoms with Crippen LogP contribution in [-0.2, 0) is 33.3 Å². The van der Waals surface area contributed by atoms with E-state index in [1.165, 1.54) is 6.92 Å². The first-order chi connectivity index (χ1) is 38.7. The van der Waals surface area contributed by atoms with Crippen LogP contribution >= 0.6 is 0 Å². The van der Waals surface area contributed by atoms with Crippen molar-refractivity contribution < 1.29 is 105 Å². The number of nitrogens with one attached hydrogen (secondary N) is 1. The Kier molecular flexibility index (Phi) is 27.6. The van der Waals surface area contributed by atoms with Crippen LogP contribution < -0.4 is 5.32 Å². The molecule has 5 heterocycles. The second-order valence-corrected chi connectivity index (χ2v) is 22.8. The number of ether oxygens (including phenoxy) is 5. The molecule has 4 fully saturated rings. The van der Waals surface area contributed by atoms with Crippen molar-refractivity contribution in [3.63, 3.8) is 0 Å². The first-order valence-electron chi connectivity index (χ1n) is 28.5. The van der Waals surface area contributed by atoms with E-state index in [9.17, 15) is 81.1 Å². The van der Waals surface area contributed by atoms with Gasteiger partial charge in [-0.05, 0) is 40.2 Å². The molecule has 4 saturated heterocycles. The molecule has 3 unspecified atom stereocenters. The number of piperazine rings is 1. The minimum absolute atomic E-state index is 0.124. The Hall–Kier alpha value is -3.68. The van der Waals surface area contributed by atoms with Gasteiger partial charge in [0.05, 0.1) is 98.7 Å². The van der Waals surface area contributed by atoms with E-state index in [2.05, 4.69) is 5.32 Å². The topological polar surface area (TPSA) is 382 Å². The van der Waals surface area contributed by atoms with Crippen molar-refractivity contribution in [2.75, 3.05) is 46.4 Å². The molecule has 5 aliphatic rings. The molecule has 466 valence electrons. The smallest absolute Gasteiger partial charge is 0.308 e. The normalized spacial score (nSPS) is 42.9. The first kappa shape index (κ1) is 69.1. The zero-order valence-corrected chi connectivity index (χ0v) is 47.6. The molecular formula is C58H93N3O21. The molecule has 5 aliphatic heterocycles. The molecule has 0 aromatic carbocycles. The number of amides is 1. The molecule has 15 N–H and O–H groups in total. The number of aliphatic hydroxyl groups is 14. The van der Waals surface area contributed by atoms with Crippen LogP contribution in [0.3, 0.4) is 0 Å². The number of carbonyl (C=O) groups excluding carboxylic acids is 2. The van der Waals surface area contributed by atoms with E-state index < -0.39 is 184 Å². The van der Waals surface area contributed by atoms with Gasteiger partial charge in [-0.15, -0.1) is 0 Å². The summed E-state index contributed by atoms with van der Waals surface area (Å²) in [5, 5.41) is 157. The summed E-state index contributed by atoms with van der Waals surface area (Å²) < 4.78 is 29.6. The van der Waals surface area contributed by atoms with Gasteiger partial charge in [-0.3, -0.25) is 9.59 Å². The van der Waals surface area contributed by atoms with Crippen LogP contribution in [0.1, 0.15) is 79.1 Å². The molecule has 0 spiro atoms. The predicted molar refractivity (Wildman–Crippen MR) is 296 cm³/mol. The number of likely N-dealkylation sites (N-methyl/N-ethyl adjacent to an activating group) is 1. The zero-order valence-electron chi connectivity index (χ0n) is 47.6. The maximum Gasteiger partial charge on any atom is 0.308 e. The Balaban J connectivity index is 1.43. The Morgan fingerprint density at radius 3 is 1.87 bits per heavy atom. The lowest BCUT2D eigenvalue weighted by atomic mass is 9.81.